The zero-order valence-corrected chi connectivity index (χ0v) is 19.7. The molecule has 0 aliphatic heterocycles. The molecule has 3 aromatic carbocycles. The molecular formula is C26H25N3O4S. The lowest BCUT2D eigenvalue weighted by Crippen LogP contribution is -2.13. The maximum Gasteiger partial charge on any atom is 0.322 e. The van der Waals surface area contributed by atoms with Crippen LogP contribution in [0.4, 0.5) is 6.01 Å². The van der Waals surface area contributed by atoms with E-state index in [0.717, 1.165) is 17.5 Å². The highest BCUT2D eigenvalue weighted by molar-refractivity contribution is 7.92. The Bertz CT molecular complexity index is 1360. The van der Waals surface area contributed by atoms with Gasteiger partial charge in [-0.05, 0) is 61.2 Å². The predicted molar refractivity (Wildman–Crippen MR) is 130 cm³/mol. The van der Waals surface area contributed by atoms with E-state index in [4.69, 9.17) is 4.42 Å². The highest BCUT2D eigenvalue weighted by Crippen LogP contribution is 2.19. The first kappa shape index (κ1) is 23.4. The van der Waals surface area contributed by atoms with Crippen molar-refractivity contribution in [3.8, 4) is 0 Å². The van der Waals surface area contributed by atoms with Crippen molar-refractivity contribution in [2.24, 2.45) is 0 Å². The Hall–Kier alpha value is -3.78. The van der Waals surface area contributed by atoms with Crippen LogP contribution >= 0.6 is 0 Å². The Morgan fingerprint density at radius 2 is 1.41 bits per heavy atom. The molecule has 1 N–H and O–H groups in total. The summed E-state index contributed by atoms with van der Waals surface area (Å²) in [5.74, 6) is -0.0299. The molecule has 4 rings (SSSR count). The molecule has 0 fully saturated rings. The molecule has 0 aliphatic rings. The highest BCUT2D eigenvalue weighted by Gasteiger charge is 2.19. The number of hydrogen-bond donors (Lipinski definition) is 1. The molecule has 1 aromatic heterocycles. The number of nitrogens with zero attached hydrogens (tertiary/aromatic N) is 2. The minimum Gasteiger partial charge on any atom is -0.407 e. The van der Waals surface area contributed by atoms with Gasteiger partial charge in [-0.15, -0.1) is 5.10 Å². The first-order chi connectivity index (χ1) is 16.3. The lowest BCUT2D eigenvalue weighted by atomic mass is 10.0. The summed E-state index contributed by atoms with van der Waals surface area (Å²) in [5.41, 5.74) is 3.61. The smallest absolute Gasteiger partial charge is 0.322 e. The lowest BCUT2D eigenvalue weighted by Gasteiger charge is -2.08. The van der Waals surface area contributed by atoms with Gasteiger partial charge >= 0.3 is 6.01 Å². The molecule has 0 spiro atoms. The van der Waals surface area contributed by atoms with Gasteiger partial charge in [-0.3, -0.25) is 10.1 Å². The van der Waals surface area contributed by atoms with Crippen molar-refractivity contribution in [1.29, 1.82) is 0 Å². The molecule has 0 unspecified atom stereocenters. The van der Waals surface area contributed by atoms with Crippen molar-refractivity contribution in [1.82, 2.24) is 10.2 Å². The minimum absolute atomic E-state index is 0.00682. The van der Waals surface area contributed by atoms with E-state index in [9.17, 15) is 13.2 Å². The SMILES string of the molecule is CC(C)S(=O)(=O)c1ccc(Cc2nnc(NC(=O)c3ccc(Cc4ccccc4)cc3)o2)cc1. The Labute approximate surface area is 198 Å². The van der Waals surface area contributed by atoms with Crippen LogP contribution in [0.3, 0.4) is 0 Å². The number of benzene rings is 3. The summed E-state index contributed by atoms with van der Waals surface area (Å²) in [6.45, 7) is 3.30. The van der Waals surface area contributed by atoms with Gasteiger partial charge in [0.1, 0.15) is 0 Å². The molecule has 34 heavy (non-hydrogen) atoms. The van der Waals surface area contributed by atoms with Crippen LogP contribution in [0, 0.1) is 0 Å². The first-order valence-electron chi connectivity index (χ1n) is 10.9. The molecule has 1 amide bonds. The van der Waals surface area contributed by atoms with Gasteiger partial charge in [0.25, 0.3) is 5.91 Å². The van der Waals surface area contributed by atoms with Crippen LogP contribution in [0.1, 0.15) is 46.8 Å². The first-order valence-corrected chi connectivity index (χ1v) is 12.5. The average molecular weight is 476 g/mol. The Morgan fingerprint density at radius 1 is 0.824 bits per heavy atom. The summed E-state index contributed by atoms with van der Waals surface area (Å²) >= 11 is 0. The average Bonchev–Trinajstić information content (AvgIpc) is 3.27. The number of carbonyl (C=O) groups is 1. The largest absolute Gasteiger partial charge is 0.407 e. The van der Waals surface area contributed by atoms with Crippen molar-refractivity contribution in [3.05, 3.63) is 107 Å². The van der Waals surface area contributed by atoms with E-state index in [0.29, 0.717) is 17.9 Å². The summed E-state index contributed by atoms with van der Waals surface area (Å²) in [7, 11) is -3.32. The molecule has 0 atom stereocenters. The lowest BCUT2D eigenvalue weighted by molar-refractivity contribution is 0.102. The van der Waals surface area contributed by atoms with Gasteiger partial charge in [-0.2, -0.15) is 0 Å². The maximum absolute atomic E-state index is 12.5. The third-order valence-corrected chi connectivity index (χ3v) is 7.55. The number of amides is 1. The summed E-state index contributed by atoms with van der Waals surface area (Å²) < 4.78 is 30.0. The van der Waals surface area contributed by atoms with Gasteiger partial charge in [0.2, 0.25) is 5.89 Å². The van der Waals surface area contributed by atoms with E-state index in [2.05, 4.69) is 27.6 Å². The Morgan fingerprint density at radius 3 is 2.06 bits per heavy atom. The fourth-order valence-corrected chi connectivity index (χ4v) is 4.45. The fourth-order valence-electron chi connectivity index (χ4n) is 3.39. The van der Waals surface area contributed by atoms with Crippen LogP contribution in [0.25, 0.3) is 0 Å². The van der Waals surface area contributed by atoms with Crippen LogP contribution in [0.2, 0.25) is 0 Å². The molecule has 8 heteroatoms. The summed E-state index contributed by atoms with van der Waals surface area (Å²) in [4.78, 5) is 12.8. The number of hydrogen-bond acceptors (Lipinski definition) is 6. The second-order valence-electron chi connectivity index (χ2n) is 8.23. The molecule has 4 aromatic rings. The standard InChI is InChI=1S/C26H25N3O4S/c1-18(2)34(31,32)23-14-10-21(11-15-23)17-24-28-29-26(33-24)27-25(30)22-12-8-20(9-13-22)16-19-6-4-3-5-7-19/h3-15,18H,16-17H2,1-2H3,(H,27,29,30). The maximum atomic E-state index is 12.5. The zero-order chi connectivity index (χ0) is 24.1. The van der Waals surface area contributed by atoms with Crippen LogP contribution in [0.15, 0.2) is 88.2 Å². The summed E-state index contributed by atoms with van der Waals surface area (Å²) in [6, 6.07) is 24.1. The third kappa shape index (κ3) is 5.58. The monoisotopic (exact) mass is 475 g/mol. The minimum atomic E-state index is -3.32. The van der Waals surface area contributed by atoms with E-state index in [1.165, 1.54) is 5.56 Å². The molecule has 1 heterocycles. The fraction of sp³-hybridized carbons (Fsp3) is 0.192. The van der Waals surface area contributed by atoms with Gasteiger partial charge < -0.3 is 4.42 Å². The molecule has 0 saturated carbocycles. The van der Waals surface area contributed by atoms with Crippen molar-refractivity contribution in [3.63, 3.8) is 0 Å². The van der Waals surface area contributed by atoms with Gasteiger partial charge in [0.05, 0.1) is 16.6 Å². The second kappa shape index (κ2) is 10.0. The van der Waals surface area contributed by atoms with Crippen LogP contribution < -0.4 is 5.32 Å². The quantitative estimate of drug-likeness (QED) is 0.397. The zero-order valence-electron chi connectivity index (χ0n) is 18.9. The Kier molecular flexibility index (Phi) is 6.88. The van der Waals surface area contributed by atoms with Crippen molar-refractivity contribution < 1.29 is 17.6 Å². The number of carbonyl (C=O) groups excluding carboxylic acids is 1. The number of anilines is 1. The van der Waals surface area contributed by atoms with E-state index >= 15 is 0 Å². The van der Waals surface area contributed by atoms with Gasteiger partial charge in [-0.25, -0.2) is 8.42 Å². The van der Waals surface area contributed by atoms with E-state index in [1.807, 2.05) is 30.3 Å². The Balaban J connectivity index is 1.36. The third-order valence-electron chi connectivity index (χ3n) is 5.38. The van der Waals surface area contributed by atoms with Crippen molar-refractivity contribution in [2.75, 3.05) is 5.32 Å². The second-order valence-corrected chi connectivity index (χ2v) is 10.7. The normalized spacial score (nSPS) is 11.5. The molecule has 0 saturated heterocycles. The van der Waals surface area contributed by atoms with E-state index in [-0.39, 0.29) is 16.8 Å². The molecule has 7 nitrogen and oxygen atoms in total. The molecule has 0 aliphatic carbocycles. The van der Waals surface area contributed by atoms with Crippen LogP contribution in [0.5, 0.6) is 0 Å². The molecular weight excluding hydrogens is 450 g/mol. The highest BCUT2D eigenvalue weighted by atomic mass is 32.2. The molecule has 0 bridgehead atoms. The summed E-state index contributed by atoms with van der Waals surface area (Å²) in [6.07, 6.45) is 1.11. The van der Waals surface area contributed by atoms with Gasteiger partial charge in [-0.1, -0.05) is 59.7 Å². The van der Waals surface area contributed by atoms with Crippen molar-refractivity contribution in [2.45, 2.75) is 36.8 Å². The van der Waals surface area contributed by atoms with Gasteiger partial charge in [0, 0.05) is 5.56 Å². The number of sulfone groups is 1. The van der Waals surface area contributed by atoms with E-state index in [1.54, 1.807) is 50.2 Å². The number of nitrogens with one attached hydrogen (secondary N) is 1. The molecule has 0 radical (unpaired) electrons. The number of rotatable bonds is 8. The summed E-state index contributed by atoms with van der Waals surface area (Å²) in [5, 5.41) is 9.99. The van der Waals surface area contributed by atoms with Crippen LogP contribution in [-0.4, -0.2) is 29.8 Å². The molecule has 174 valence electrons. The topological polar surface area (TPSA) is 102 Å². The van der Waals surface area contributed by atoms with Crippen molar-refractivity contribution >= 4 is 21.8 Å². The van der Waals surface area contributed by atoms with E-state index < -0.39 is 15.1 Å². The number of aromatic nitrogens is 2. The van der Waals surface area contributed by atoms with Crippen LogP contribution in [-0.2, 0) is 22.7 Å². The predicted octanol–water partition coefficient (Wildman–Crippen LogP) is 4.69. The van der Waals surface area contributed by atoms with Gasteiger partial charge in [0.15, 0.2) is 9.84 Å².